The fraction of sp³-hybridized carbons (Fsp3) is 0.478. The predicted molar refractivity (Wildman–Crippen MR) is 112 cm³/mol. The van der Waals surface area contributed by atoms with Crippen LogP contribution in [0.2, 0.25) is 0 Å². The Hall–Kier alpha value is -2.40. The van der Waals surface area contributed by atoms with Gasteiger partial charge in [-0.25, -0.2) is 0 Å². The normalized spacial score (nSPS) is 20.7. The number of nitrogens with zero attached hydrogens (tertiary/aromatic N) is 2. The molecular formula is C23H31N3O2. The lowest BCUT2D eigenvalue weighted by atomic mass is 9.81. The summed E-state index contributed by atoms with van der Waals surface area (Å²) in [5, 5.41) is 7.03. The van der Waals surface area contributed by atoms with E-state index in [2.05, 4.69) is 54.4 Å². The first-order chi connectivity index (χ1) is 13.4. The molecule has 0 aliphatic carbocycles. The number of hydrogen-bond acceptors (Lipinski definition) is 4. The van der Waals surface area contributed by atoms with Crippen LogP contribution in [0.4, 0.5) is 0 Å². The van der Waals surface area contributed by atoms with E-state index >= 15 is 0 Å². The minimum atomic E-state index is -0.463. The predicted octanol–water partition coefficient (Wildman–Crippen LogP) is 3.88. The second kappa shape index (κ2) is 8.74. The maximum absolute atomic E-state index is 12.8. The standard InChI is InChI=1S/C23H31N3O2/c1-17(2)21-13-20(28-25-21)14-23(22(27)24-4)10-11-26(16-23)15-18(3)12-19-8-6-5-7-9-19/h5-9,12-13,17H,10-11,14-16H2,1-4H3,(H,24,27)/b18-12+/t23-/m0/s1. The number of nitrogens with one attached hydrogen (secondary N) is 1. The van der Waals surface area contributed by atoms with Crippen LogP contribution in [0.1, 0.15) is 50.1 Å². The lowest BCUT2D eigenvalue weighted by Gasteiger charge is -2.26. The molecule has 1 atom stereocenters. The Morgan fingerprint density at radius 1 is 1.36 bits per heavy atom. The Morgan fingerprint density at radius 3 is 2.75 bits per heavy atom. The molecule has 2 heterocycles. The first-order valence-corrected chi connectivity index (χ1v) is 10.0. The molecule has 0 bridgehead atoms. The highest BCUT2D eigenvalue weighted by Gasteiger charge is 2.45. The van der Waals surface area contributed by atoms with Gasteiger partial charge in [-0.05, 0) is 31.4 Å². The van der Waals surface area contributed by atoms with Crippen LogP contribution in [0, 0.1) is 5.41 Å². The molecular weight excluding hydrogens is 350 g/mol. The van der Waals surface area contributed by atoms with E-state index in [4.69, 9.17) is 4.52 Å². The largest absolute Gasteiger partial charge is 0.361 e. The van der Waals surface area contributed by atoms with Gasteiger partial charge in [-0.1, -0.05) is 61.0 Å². The molecule has 0 radical (unpaired) electrons. The average Bonchev–Trinajstić information content (AvgIpc) is 3.30. The van der Waals surface area contributed by atoms with E-state index < -0.39 is 5.41 Å². The first kappa shape index (κ1) is 20.3. The number of hydrogen-bond donors (Lipinski definition) is 1. The minimum absolute atomic E-state index is 0.0854. The third kappa shape index (κ3) is 4.71. The number of aromatic nitrogens is 1. The number of amides is 1. The van der Waals surface area contributed by atoms with Crippen molar-refractivity contribution >= 4 is 12.0 Å². The molecule has 5 heteroatoms. The zero-order valence-corrected chi connectivity index (χ0v) is 17.4. The van der Waals surface area contributed by atoms with Gasteiger partial charge in [-0.3, -0.25) is 9.69 Å². The van der Waals surface area contributed by atoms with Crippen LogP contribution < -0.4 is 5.32 Å². The number of rotatable bonds is 7. The highest BCUT2D eigenvalue weighted by Crippen LogP contribution is 2.35. The average molecular weight is 382 g/mol. The van der Waals surface area contributed by atoms with Gasteiger partial charge >= 0.3 is 0 Å². The van der Waals surface area contributed by atoms with Gasteiger partial charge in [0.25, 0.3) is 0 Å². The van der Waals surface area contributed by atoms with Gasteiger partial charge in [-0.2, -0.15) is 0 Å². The lowest BCUT2D eigenvalue weighted by molar-refractivity contribution is -0.130. The minimum Gasteiger partial charge on any atom is -0.361 e. The highest BCUT2D eigenvalue weighted by atomic mass is 16.5. The summed E-state index contributed by atoms with van der Waals surface area (Å²) in [6, 6.07) is 12.3. The van der Waals surface area contributed by atoms with E-state index in [0.29, 0.717) is 12.3 Å². The molecule has 1 aliphatic heterocycles. The Kier molecular flexibility index (Phi) is 6.35. The van der Waals surface area contributed by atoms with Crippen molar-refractivity contribution in [3.05, 3.63) is 59.0 Å². The summed E-state index contributed by atoms with van der Waals surface area (Å²) >= 11 is 0. The number of benzene rings is 1. The lowest BCUT2D eigenvalue weighted by Crippen LogP contribution is -2.43. The summed E-state index contributed by atoms with van der Waals surface area (Å²) in [6.45, 7) is 8.83. The van der Waals surface area contributed by atoms with Gasteiger partial charge < -0.3 is 9.84 Å². The van der Waals surface area contributed by atoms with Crippen LogP contribution in [0.5, 0.6) is 0 Å². The van der Waals surface area contributed by atoms with Crippen molar-refractivity contribution in [2.75, 3.05) is 26.7 Å². The molecule has 2 aromatic rings. The van der Waals surface area contributed by atoms with Crippen molar-refractivity contribution in [2.24, 2.45) is 5.41 Å². The molecule has 0 unspecified atom stereocenters. The van der Waals surface area contributed by atoms with Crippen molar-refractivity contribution in [1.29, 1.82) is 0 Å². The van der Waals surface area contributed by atoms with Crippen LogP contribution in [0.15, 0.2) is 46.5 Å². The van der Waals surface area contributed by atoms with E-state index in [1.54, 1.807) is 7.05 Å². The van der Waals surface area contributed by atoms with Gasteiger partial charge in [-0.15, -0.1) is 0 Å². The van der Waals surface area contributed by atoms with Crippen molar-refractivity contribution < 1.29 is 9.32 Å². The van der Waals surface area contributed by atoms with Crippen LogP contribution in [0.25, 0.3) is 6.08 Å². The zero-order chi connectivity index (χ0) is 20.1. The summed E-state index contributed by atoms with van der Waals surface area (Å²) in [7, 11) is 1.72. The fourth-order valence-corrected chi connectivity index (χ4v) is 4.02. The van der Waals surface area contributed by atoms with Crippen LogP contribution in [-0.4, -0.2) is 42.6 Å². The van der Waals surface area contributed by atoms with Crippen LogP contribution in [0.3, 0.4) is 0 Å². The summed E-state index contributed by atoms with van der Waals surface area (Å²) < 4.78 is 5.54. The van der Waals surface area contributed by atoms with Gasteiger partial charge in [0.1, 0.15) is 5.76 Å². The molecule has 1 N–H and O–H groups in total. The zero-order valence-electron chi connectivity index (χ0n) is 17.4. The molecule has 3 rings (SSSR count). The molecule has 1 aromatic carbocycles. The van der Waals surface area contributed by atoms with Gasteiger partial charge in [0.2, 0.25) is 5.91 Å². The molecule has 5 nitrogen and oxygen atoms in total. The molecule has 1 fully saturated rings. The van der Waals surface area contributed by atoms with E-state index in [1.165, 1.54) is 11.1 Å². The monoisotopic (exact) mass is 381 g/mol. The molecule has 1 aromatic heterocycles. The Labute approximate surface area is 167 Å². The Morgan fingerprint density at radius 2 is 2.11 bits per heavy atom. The molecule has 1 saturated heterocycles. The van der Waals surface area contributed by atoms with Crippen molar-refractivity contribution in [1.82, 2.24) is 15.4 Å². The second-order valence-corrected chi connectivity index (χ2v) is 8.27. The van der Waals surface area contributed by atoms with Gasteiger partial charge in [0.05, 0.1) is 11.1 Å². The molecule has 150 valence electrons. The smallest absolute Gasteiger partial charge is 0.227 e. The number of likely N-dealkylation sites (tertiary alicyclic amines) is 1. The topological polar surface area (TPSA) is 58.4 Å². The van der Waals surface area contributed by atoms with Crippen LogP contribution >= 0.6 is 0 Å². The Balaban J connectivity index is 1.71. The number of carbonyl (C=O) groups is 1. The molecule has 0 saturated carbocycles. The molecule has 1 aliphatic rings. The van der Waals surface area contributed by atoms with Crippen molar-refractivity contribution in [3.63, 3.8) is 0 Å². The molecule has 28 heavy (non-hydrogen) atoms. The molecule has 1 amide bonds. The van der Waals surface area contributed by atoms with E-state index in [9.17, 15) is 4.79 Å². The van der Waals surface area contributed by atoms with Gasteiger partial charge in [0, 0.05) is 32.6 Å². The summed E-state index contributed by atoms with van der Waals surface area (Å²) in [5.41, 5.74) is 2.98. The second-order valence-electron chi connectivity index (χ2n) is 8.27. The first-order valence-electron chi connectivity index (χ1n) is 10.0. The van der Waals surface area contributed by atoms with Crippen molar-refractivity contribution in [2.45, 2.75) is 39.5 Å². The molecule has 0 spiro atoms. The fourth-order valence-electron chi connectivity index (χ4n) is 4.02. The van der Waals surface area contributed by atoms with E-state index in [1.807, 2.05) is 24.3 Å². The third-order valence-corrected chi connectivity index (χ3v) is 5.51. The summed E-state index contributed by atoms with van der Waals surface area (Å²) in [6.07, 6.45) is 3.62. The SMILES string of the molecule is CNC(=O)[C@]1(Cc2cc(C(C)C)no2)CCN(C/C(C)=C/c2ccccc2)C1. The van der Waals surface area contributed by atoms with Gasteiger partial charge in [0.15, 0.2) is 0 Å². The Bertz CT molecular complexity index is 825. The van der Waals surface area contributed by atoms with Crippen LogP contribution in [-0.2, 0) is 11.2 Å². The van der Waals surface area contributed by atoms with E-state index in [0.717, 1.165) is 37.5 Å². The maximum atomic E-state index is 12.8. The van der Waals surface area contributed by atoms with E-state index in [-0.39, 0.29) is 5.91 Å². The summed E-state index contributed by atoms with van der Waals surface area (Å²) in [4.78, 5) is 15.2. The van der Waals surface area contributed by atoms with Crippen molar-refractivity contribution in [3.8, 4) is 0 Å². The maximum Gasteiger partial charge on any atom is 0.227 e. The third-order valence-electron chi connectivity index (χ3n) is 5.51. The quantitative estimate of drug-likeness (QED) is 0.791. The summed E-state index contributed by atoms with van der Waals surface area (Å²) in [5.74, 6) is 1.20. The number of carbonyl (C=O) groups excluding carboxylic acids is 1. The highest BCUT2D eigenvalue weighted by molar-refractivity contribution is 5.83.